The van der Waals surface area contributed by atoms with Crippen molar-refractivity contribution in [3.63, 3.8) is 0 Å². The number of para-hydroxylation sites is 1. The van der Waals surface area contributed by atoms with Crippen LogP contribution in [0.4, 0.5) is 17.1 Å². The number of hydrogen-bond acceptors (Lipinski definition) is 2. The second-order valence-electron chi connectivity index (χ2n) is 22.3. The molecule has 6 aliphatic carbocycles. The minimum Gasteiger partial charge on any atom is -0.454 e. The van der Waals surface area contributed by atoms with Crippen molar-refractivity contribution < 1.29 is 4.74 Å². The Morgan fingerprint density at radius 2 is 0.983 bits per heavy atom. The third-order valence-corrected chi connectivity index (χ3v) is 17.0. The van der Waals surface area contributed by atoms with E-state index in [4.69, 9.17) is 4.74 Å². The van der Waals surface area contributed by atoms with Crippen LogP contribution >= 0.6 is 0 Å². The van der Waals surface area contributed by atoms with E-state index in [0.29, 0.717) is 11.8 Å². The fourth-order valence-corrected chi connectivity index (χ4v) is 13.9. The Labute approximate surface area is 348 Å². The molecule has 0 amide bonds. The van der Waals surface area contributed by atoms with Crippen LogP contribution in [0, 0.1) is 23.7 Å². The third kappa shape index (κ3) is 5.21. The Morgan fingerprint density at radius 1 is 0.483 bits per heavy atom. The van der Waals surface area contributed by atoms with E-state index in [9.17, 15) is 0 Å². The molecule has 1 heterocycles. The molecule has 0 N–H and O–H groups in total. The molecule has 7 aliphatic rings. The summed E-state index contributed by atoms with van der Waals surface area (Å²) in [6.07, 6.45) is 11.5. The molecule has 58 heavy (non-hydrogen) atoms. The van der Waals surface area contributed by atoms with Crippen LogP contribution in [0.15, 0.2) is 103 Å². The fraction of sp³-hybridized carbons (Fsp3) is 0.464. The van der Waals surface area contributed by atoms with Gasteiger partial charge in [-0.1, -0.05) is 122 Å². The molecule has 0 atom stereocenters. The summed E-state index contributed by atoms with van der Waals surface area (Å²) in [7, 11) is 0. The molecule has 2 heteroatoms. The summed E-state index contributed by atoms with van der Waals surface area (Å²) in [5.41, 5.74) is 15.5. The number of ether oxygens (including phenoxy) is 1. The Kier molecular flexibility index (Phi) is 7.84. The lowest BCUT2D eigenvalue weighted by atomic mass is 9.41. The smallest absolute Gasteiger partial charge is 0.156 e. The maximum absolute atomic E-state index is 7.56. The molecule has 5 aromatic rings. The van der Waals surface area contributed by atoms with Crippen LogP contribution in [0.5, 0.6) is 11.5 Å². The number of rotatable bonds is 4. The van der Waals surface area contributed by atoms with Crippen molar-refractivity contribution in [2.45, 2.75) is 140 Å². The first-order chi connectivity index (χ1) is 27.7. The van der Waals surface area contributed by atoms with Gasteiger partial charge in [-0.3, -0.25) is 0 Å². The van der Waals surface area contributed by atoms with Gasteiger partial charge in [0.2, 0.25) is 0 Å². The predicted octanol–water partition coefficient (Wildman–Crippen LogP) is 15.4. The van der Waals surface area contributed by atoms with Gasteiger partial charge in [0.15, 0.2) is 5.75 Å². The highest BCUT2D eigenvalue weighted by atomic mass is 16.5. The Bertz CT molecular complexity index is 2350. The Hall–Kier alpha value is -4.30. The van der Waals surface area contributed by atoms with E-state index in [1.807, 2.05) is 0 Å². The lowest BCUT2D eigenvalue weighted by Gasteiger charge is -2.63. The molecule has 0 aromatic heterocycles. The predicted molar refractivity (Wildman–Crippen MR) is 241 cm³/mol. The average Bonchev–Trinajstić information content (AvgIpc) is 3.20. The van der Waals surface area contributed by atoms with Crippen molar-refractivity contribution in [1.29, 1.82) is 0 Å². The molecule has 12 rings (SSSR count). The van der Waals surface area contributed by atoms with Crippen molar-refractivity contribution in [2.75, 3.05) is 4.90 Å². The van der Waals surface area contributed by atoms with Gasteiger partial charge >= 0.3 is 0 Å². The number of nitrogens with zero attached hydrogens (tertiary/aromatic N) is 1. The highest BCUT2D eigenvalue weighted by molar-refractivity contribution is 5.88. The molecule has 5 aromatic carbocycles. The van der Waals surface area contributed by atoms with Crippen LogP contribution in [-0.2, 0) is 27.1 Å². The molecular formula is C56H63NO. The largest absolute Gasteiger partial charge is 0.454 e. The zero-order valence-electron chi connectivity index (χ0n) is 36.3. The van der Waals surface area contributed by atoms with Crippen molar-refractivity contribution >= 4 is 17.1 Å². The summed E-state index contributed by atoms with van der Waals surface area (Å²) >= 11 is 0. The number of anilines is 3. The van der Waals surface area contributed by atoms with Crippen LogP contribution in [0.3, 0.4) is 0 Å². The van der Waals surface area contributed by atoms with E-state index in [0.717, 1.165) is 29.0 Å². The van der Waals surface area contributed by atoms with E-state index in [1.54, 1.807) is 0 Å². The Morgan fingerprint density at radius 3 is 1.53 bits per heavy atom. The number of benzene rings is 5. The first kappa shape index (κ1) is 36.8. The average molecular weight is 766 g/mol. The van der Waals surface area contributed by atoms with Crippen LogP contribution in [-0.4, -0.2) is 0 Å². The molecule has 0 unspecified atom stereocenters. The van der Waals surface area contributed by atoms with Crippen molar-refractivity contribution in [2.24, 2.45) is 23.7 Å². The second-order valence-corrected chi connectivity index (χ2v) is 22.3. The fourth-order valence-electron chi connectivity index (χ4n) is 13.9. The van der Waals surface area contributed by atoms with Gasteiger partial charge in [0.25, 0.3) is 0 Å². The van der Waals surface area contributed by atoms with Gasteiger partial charge in [-0.25, -0.2) is 0 Å². The highest BCUT2D eigenvalue weighted by Crippen LogP contribution is 2.71. The van der Waals surface area contributed by atoms with Crippen LogP contribution < -0.4 is 9.64 Å². The second kappa shape index (κ2) is 12.4. The van der Waals surface area contributed by atoms with E-state index in [1.165, 1.54) is 114 Å². The van der Waals surface area contributed by atoms with Crippen LogP contribution in [0.25, 0.3) is 11.1 Å². The minimum atomic E-state index is -0.0891. The number of fused-ring (bicyclic) bond motifs is 4. The molecule has 4 fully saturated rings. The zero-order valence-corrected chi connectivity index (χ0v) is 36.3. The van der Waals surface area contributed by atoms with Gasteiger partial charge in [0.05, 0.1) is 5.69 Å². The van der Waals surface area contributed by atoms with E-state index >= 15 is 0 Å². The first-order valence-electron chi connectivity index (χ1n) is 22.8. The van der Waals surface area contributed by atoms with E-state index in [2.05, 4.69) is 163 Å². The van der Waals surface area contributed by atoms with Gasteiger partial charge in [0, 0.05) is 27.9 Å². The quantitative estimate of drug-likeness (QED) is 0.181. The molecular weight excluding hydrogens is 703 g/mol. The standard InChI is InChI=1S/C56H63NO/c1-52(2)24-26-54(5,6)46-33-40(18-21-43(46)52)57(41-19-22-44-47(34-41)55(7,8)27-25-53(44,3)4)48-23-20-42(37-14-10-9-11-15-37)50-51(48)58-49-17-13-12-16-45(49)56(50)38-29-35-28-36(31-38)32-39(56)30-35/h9-23,33-36,38-39H,24-32H2,1-8H3. The normalized spacial score (nSPS) is 28.5. The maximum atomic E-state index is 7.56. The molecule has 4 bridgehead atoms. The molecule has 0 radical (unpaired) electrons. The van der Waals surface area contributed by atoms with Gasteiger partial charge in [-0.2, -0.15) is 0 Å². The summed E-state index contributed by atoms with van der Waals surface area (Å²) in [5, 5.41) is 0. The molecule has 0 saturated heterocycles. The molecule has 1 aliphatic heterocycles. The van der Waals surface area contributed by atoms with Gasteiger partial charge < -0.3 is 9.64 Å². The van der Waals surface area contributed by atoms with Gasteiger partial charge in [0.1, 0.15) is 5.75 Å². The molecule has 1 spiro atoms. The maximum Gasteiger partial charge on any atom is 0.156 e. The SMILES string of the molecule is CC1(C)CCC(C)(C)c2cc(N(c3ccc4c(c3)C(C)(C)CCC4(C)C)c3ccc(-c4ccccc4)c4c3Oc3ccccc3C43C4CC5CC(C4)CC3C5)ccc21. The summed E-state index contributed by atoms with van der Waals surface area (Å²) < 4.78 is 7.56. The molecule has 298 valence electrons. The first-order valence-corrected chi connectivity index (χ1v) is 22.8. The van der Waals surface area contributed by atoms with Gasteiger partial charge in [-0.15, -0.1) is 0 Å². The lowest BCUT2D eigenvalue weighted by Crippen LogP contribution is -2.57. The minimum absolute atomic E-state index is 0.0882. The molecule has 4 saturated carbocycles. The number of hydrogen-bond donors (Lipinski definition) is 0. The summed E-state index contributed by atoms with van der Waals surface area (Å²) in [5.74, 6) is 5.07. The third-order valence-electron chi connectivity index (χ3n) is 17.0. The molecule has 2 nitrogen and oxygen atoms in total. The van der Waals surface area contributed by atoms with Crippen LogP contribution in [0.2, 0.25) is 0 Å². The summed E-state index contributed by atoms with van der Waals surface area (Å²) in [6.45, 7) is 19.6. The monoisotopic (exact) mass is 765 g/mol. The van der Waals surface area contributed by atoms with Crippen molar-refractivity contribution in [3.05, 3.63) is 137 Å². The van der Waals surface area contributed by atoms with E-state index < -0.39 is 0 Å². The van der Waals surface area contributed by atoms with Crippen molar-refractivity contribution in [3.8, 4) is 22.6 Å². The lowest BCUT2D eigenvalue weighted by molar-refractivity contribution is -0.0449. The highest BCUT2D eigenvalue weighted by Gasteiger charge is 2.62. The summed E-state index contributed by atoms with van der Waals surface area (Å²) in [6, 6.07) is 40.3. The van der Waals surface area contributed by atoms with Gasteiger partial charge in [-0.05, 0) is 173 Å². The van der Waals surface area contributed by atoms with Crippen LogP contribution in [0.1, 0.15) is 147 Å². The van der Waals surface area contributed by atoms with E-state index in [-0.39, 0.29) is 27.1 Å². The van der Waals surface area contributed by atoms with Crippen molar-refractivity contribution in [1.82, 2.24) is 0 Å². The zero-order chi connectivity index (χ0) is 40.0. The Balaban J connectivity index is 1.22. The topological polar surface area (TPSA) is 12.5 Å². The summed E-state index contributed by atoms with van der Waals surface area (Å²) in [4.78, 5) is 2.61.